The summed E-state index contributed by atoms with van der Waals surface area (Å²) in [6.45, 7) is 8.49. The number of hydrogen-bond donors (Lipinski definition) is 0. The molecule has 33 nitrogen and oxygen atoms in total. The lowest BCUT2D eigenvalue weighted by atomic mass is 9.94. The van der Waals surface area contributed by atoms with Gasteiger partial charge in [-0.1, -0.05) is 133 Å². The van der Waals surface area contributed by atoms with Crippen molar-refractivity contribution < 1.29 is 62.2 Å². The Morgan fingerprint density at radius 2 is 0.807 bits per heavy atom. The number of esters is 4. The first kappa shape index (κ1) is 101. The molecule has 13 rings (SSSR count). The molecule has 4 heterocycles. The van der Waals surface area contributed by atoms with Crippen LogP contribution in [0.15, 0.2) is 304 Å². The van der Waals surface area contributed by atoms with Crippen LogP contribution in [0.5, 0.6) is 11.5 Å². The minimum atomic E-state index is -0.924. The number of aromatic nitrogens is 6. The normalized spacial score (nSPS) is 12.1. The van der Waals surface area contributed by atoms with E-state index in [2.05, 4.69) is 88.5 Å². The lowest BCUT2D eigenvalue weighted by Crippen LogP contribution is -2.32. The monoisotopic (exact) mass is 1900 g/mol. The summed E-state index contributed by atoms with van der Waals surface area (Å²) in [6, 6.07) is 75.8. The summed E-state index contributed by atoms with van der Waals surface area (Å²) in [5.41, 5.74) is 7.70. The summed E-state index contributed by atoms with van der Waals surface area (Å²) in [7, 11) is 0. The second kappa shape index (κ2) is 52.2. The second-order valence-electron chi connectivity index (χ2n) is 32.8. The molecular formula is C106H104N18O15S. The van der Waals surface area contributed by atoms with Gasteiger partial charge in [0.05, 0.1) is 106 Å². The van der Waals surface area contributed by atoms with Crippen molar-refractivity contribution in [2.45, 2.75) is 110 Å². The van der Waals surface area contributed by atoms with Gasteiger partial charge in [0.1, 0.15) is 67.2 Å². The van der Waals surface area contributed by atoms with E-state index in [0.29, 0.717) is 116 Å². The Labute approximate surface area is 814 Å². The minimum Gasteiger partial charge on any atom is -0.491 e. The van der Waals surface area contributed by atoms with Gasteiger partial charge in [0.15, 0.2) is 22.8 Å². The van der Waals surface area contributed by atoms with E-state index in [4.69, 9.17) is 33.2 Å². The number of allylic oxidation sites excluding steroid dienone is 2. The van der Waals surface area contributed by atoms with Crippen LogP contribution in [0, 0.1) is 54.2 Å². The minimum absolute atomic E-state index is 0.00359. The fourth-order valence-electron chi connectivity index (χ4n) is 15.1. The van der Waals surface area contributed by atoms with Crippen LogP contribution in [0.4, 0.5) is 51.2 Å². The van der Waals surface area contributed by atoms with E-state index < -0.39 is 39.3 Å². The number of nitro groups is 2. The van der Waals surface area contributed by atoms with Crippen LogP contribution < -0.4 is 24.2 Å². The maximum Gasteiger partial charge on any atom is 0.338 e. The fourth-order valence-corrected chi connectivity index (χ4v) is 15.9. The zero-order chi connectivity index (χ0) is 98.1. The van der Waals surface area contributed by atoms with Crippen molar-refractivity contribution >= 4 is 105 Å². The molecule has 0 saturated heterocycles. The van der Waals surface area contributed by atoms with Crippen LogP contribution in [-0.2, 0) is 49.6 Å². The lowest BCUT2D eigenvalue weighted by Gasteiger charge is -2.25. The Morgan fingerprint density at radius 3 is 1.19 bits per heavy atom. The molecule has 0 unspecified atom stereocenters. The highest BCUT2D eigenvalue weighted by Gasteiger charge is 2.39. The van der Waals surface area contributed by atoms with Crippen LogP contribution in [0.3, 0.4) is 0 Å². The number of carbonyl (C=O) groups excluding carboxylic acids is 4. The smallest absolute Gasteiger partial charge is 0.338 e. The van der Waals surface area contributed by atoms with E-state index in [1.54, 1.807) is 147 Å². The first-order valence-corrected chi connectivity index (χ1v) is 46.9. The van der Waals surface area contributed by atoms with Crippen molar-refractivity contribution in [3.63, 3.8) is 0 Å². The molecule has 1 aliphatic heterocycles. The summed E-state index contributed by atoms with van der Waals surface area (Å²) >= 11 is 1.58. The maximum absolute atomic E-state index is 12.8. The van der Waals surface area contributed by atoms with Gasteiger partial charge in [0, 0.05) is 83.1 Å². The van der Waals surface area contributed by atoms with Crippen LogP contribution in [0.2, 0.25) is 0 Å². The Hall–Kier alpha value is -16.9. The Balaban J connectivity index is 0.568. The lowest BCUT2D eigenvalue weighted by molar-refractivity contribution is -0.385. The maximum atomic E-state index is 12.8. The van der Waals surface area contributed by atoms with E-state index in [1.807, 2.05) is 117 Å². The number of unbranched alkanes of at least 4 members (excludes halogenated alkanes) is 6. The third-order valence-corrected chi connectivity index (χ3v) is 23.5. The number of non-ortho nitro benzene ring substituents is 2. The average Bonchev–Trinajstić information content (AvgIpc) is 1.62. The molecule has 0 aliphatic carbocycles. The van der Waals surface area contributed by atoms with Gasteiger partial charge in [-0.2, -0.15) is 26.0 Å². The number of hydrogen-bond acceptors (Lipinski definition) is 30. The van der Waals surface area contributed by atoms with E-state index in [9.17, 15) is 55.2 Å². The second-order valence-corrected chi connectivity index (χ2v) is 34.0. The van der Waals surface area contributed by atoms with Gasteiger partial charge in [-0.05, 0) is 216 Å². The van der Waals surface area contributed by atoms with Gasteiger partial charge >= 0.3 is 23.9 Å². The van der Waals surface area contributed by atoms with Crippen LogP contribution >= 0.6 is 11.3 Å². The summed E-state index contributed by atoms with van der Waals surface area (Å²) < 4.78 is 44.3. The molecular weight excluding hydrogens is 1800 g/mol. The summed E-state index contributed by atoms with van der Waals surface area (Å²) in [5.74, 6) is -1.47. The number of nitriles is 3. The van der Waals surface area contributed by atoms with Gasteiger partial charge in [-0.3, -0.25) is 29.6 Å². The Bertz CT molecular complexity index is 6080. The average molecular weight is 1900 g/mol. The van der Waals surface area contributed by atoms with Gasteiger partial charge in [-0.15, -0.1) is 31.8 Å². The molecule has 12 aromatic rings. The SMILES string of the molecule is CC1(C)OC(=C(C#N)C#N)C(C#N)=C1/C=C/c1ccc(/C=C/c2ccc(N(CCCCCCn3cc(CCCOc4cc([N+](=O)[O-])ccc4N=Nc4ccc(N(CCOC(=O)c5ccccc5)CCOC(=O)c5ccccc5)cc4)nn3)CCCCCCn3cc(CCCOc4cc([N+](=O)[O-])ccc4N=Nc4ccc(N(CCOC(=O)c5ccccc5)CCOC(=O)c5ccccc5)cc4)nn3)cc2)s1. The molecule has 34 heteroatoms. The molecule has 3 aromatic heterocycles. The Morgan fingerprint density at radius 1 is 0.436 bits per heavy atom. The number of anilines is 3. The third kappa shape index (κ3) is 30.5. The van der Waals surface area contributed by atoms with Crippen molar-refractivity contribution in [1.29, 1.82) is 15.8 Å². The highest BCUT2D eigenvalue weighted by atomic mass is 32.1. The standard InChI is InChI=1S/C106H104N18O15S/c1-106(2)96(95(75-109)101(139-106)83(73-107)74-108)54-53-94-52-51-93(140-94)50-37-78-35-42-88(43-36-78)118(57-19-3-5-21-59-121-76-86(112-116-121)33-23-65-133-99-71-91(123(129)130)48-55-97(99)114-110-84-38-44-89(45-39-84)119(61-67-135-102(125)79-25-11-7-12-26-79)62-68-136-103(126)80-27-13-8-14-28-80)58-20-4-6-22-60-122-77-87(113-117-122)34-24-66-134-100-72-92(124(131)132)49-56-98(100)115-111-85-40-46-90(47-41-85)120(63-69-137-104(127)81-29-15-9-16-30-81)64-70-138-105(128)82-31-17-10-18-32-82/h7-18,25-32,35-56,71-72,76-77H,3-6,19-24,33-34,57-70H2,1-2H3/b50-37+,54-53+,114-110?,115-111?. The highest BCUT2D eigenvalue weighted by molar-refractivity contribution is 7.13. The van der Waals surface area contributed by atoms with Crippen molar-refractivity contribution in [2.75, 3.05) is 93.6 Å². The van der Waals surface area contributed by atoms with Crippen LogP contribution in [0.25, 0.3) is 18.2 Å². The van der Waals surface area contributed by atoms with Crippen molar-refractivity contribution in [3.8, 4) is 29.7 Å². The first-order chi connectivity index (χ1) is 68.3. The number of azo groups is 2. The van der Waals surface area contributed by atoms with E-state index in [1.165, 1.54) is 36.4 Å². The zero-order valence-electron chi connectivity index (χ0n) is 77.5. The quantitative estimate of drug-likeness (QED) is 0.00650. The molecule has 0 N–H and O–H groups in total. The van der Waals surface area contributed by atoms with Gasteiger partial charge in [-0.25, -0.2) is 19.2 Å². The number of aryl methyl sites for hydroxylation is 4. The van der Waals surface area contributed by atoms with Crippen LogP contribution in [-0.4, -0.2) is 148 Å². The molecule has 140 heavy (non-hydrogen) atoms. The zero-order valence-corrected chi connectivity index (χ0v) is 78.3. The molecule has 0 bridgehead atoms. The van der Waals surface area contributed by atoms with Crippen molar-refractivity contribution in [2.24, 2.45) is 20.5 Å². The topological polar surface area (TPSA) is 411 Å². The predicted molar refractivity (Wildman–Crippen MR) is 530 cm³/mol. The summed E-state index contributed by atoms with van der Waals surface area (Å²) in [5, 5.41) is 88.5. The molecule has 9 aromatic carbocycles. The number of nitro benzene ring substituents is 2. The van der Waals surface area contributed by atoms with Crippen LogP contribution in [0.1, 0.15) is 146 Å². The first-order valence-electron chi connectivity index (χ1n) is 46.0. The van der Waals surface area contributed by atoms with E-state index in [-0.39, 0.29) is 79.4 Å². The van der Waals surface area contributed by atoms with Gasteiger partial charge in [0.2, 0.25) is 0 Å². The Kier molecular flexibility index (Phi) is 37.5. The molecule has 0 atom stereocenters. The van der Waals surface area contributed by atoms with Gasteiger partial charge in [0.25, 0.3) is 11.4 Å². The number of carbonyl (C=O) groups is 4. The molecule has 0 radical (unpaired) electrons. The molecule has 0 fully saturated rings. The van der Waals surface area contributed by atoms with E-state index >= 15 is 0 Å². The number of benzene rings is 9. The highest BCUT2D eigenvalue weighted by Crippen LogP contribution is 2.42. The molecule has 714 valence electrons. The number of nitrogens with zero attached hydrogens (tertiary/aromatic N) is 18. The number of ether oxygens (including phenoxy) is 7. The van der Waals surface area contributed by atoms with Crippen molar-refractivity contribution in [3.05, 3.63) is 353 Å². The third-order valence-electron chi connectivity index (χ3n) is 22.5. The number of thiophene rings is 1. The summed E-state index contributed by atoms with van der Waals surface area (Å²) in [4.78, 5) is 82.3. The molecule has 1 aliphatic rings. The van der Waals surface area contributed by atoms with Gasteiger partial charge < -0.3 is 47.9 Å². The molecule has 0 spiro atoms. The fraction of sp³-hybridized carbons (Fsp3) is 0.274. The van der Waals surface area contributed by atoms with E-state index in [0.717, 1.165) is 108 Å². The largest absolute Gasteiger partial charge is 0.491 e. The predicted octanol–water partition coefficient (Wildman–Crippen LogP) is 22.1. The van der Waals surface area contributed by atoms with Crippen molar-refractivity contribution in [1.82, 2.24) is 30.0 Å². The summed E-state index contributed by atoms with van der Waals surface area (Å²) in [6.07, 6.45) is 21.6. The molecule has 0 saturated carbocycles. The molecule has 0 amide bonds. The number of rotatable bonds is 53.